The Labute approximate surface area is 115 Å². The number of hydrogen-bond donors (Lipinski definition) is 1. The second-order valence-corrected chi connectivity index (χ2v) is 11.2. The standard InChI is InChI=1S/C15H23O3P/c1-14(2,3)19(18,15(4,5)6)12-9-7-8-11(10-12)13(16)17/h7-10H,1-6H3,(H,16,17). The van der Waals surface area contributed by atoms with Crippen LogP contribution in [0.2, 0.25) is 0 Å². The number of carbonyl (C=O) groups is 1. The molecule has 3 nitrogen and oxygen atoms in total. The van der Waals surface area contributed by atoms with Crippen molar-refractivity contribution in [3.63, 3.8) is 0 Å². The largest absolute Gasteiger partial charge is 0.478 e. The molecule has 1 N–H and O–H groups in total. The maximum Gasteiger partial charge on any atom is 0.335 e. The van der Waals surface area contributed by atoms with Gasteiger partial charge in [-0.15, -0.1) is 0 Å². The van der Waals surface area contributed by atoms with E-state index in [9.17, 15) is 9.36 Å². The van der Waals surface area contributed by atoms with Gasteiger partial charge in [0.25, 0.3) is 0 Å². The van der Waals surface area contributed by atoms with Gasteiger partial charge in [0.2, 0.25) is 0 Å². The molecule has 0 radical (unpaired) electrons. The van der Waals surface area contributed by atoms with Gasteiger partial charge < -0.3 is 9.67 Å². The molecule has 0 aliphatic rings. The molecule has 0 fully saturated rings. The first-order valence-corrected chi connectivity index (χ1v) is 8.06. The topological polar surface area (TPSA) is 54.4 Å². The third-order valence-corrected chi connectivity index (χ3v) is 8.13. The first-order valence-electron chi connectivity index (χ1n) is 6.35. The van der Waals surface area contributed by atoms with Crippen LogP contribution in [-0.2, 0) is 4.57 Å². The Kier molecular flexibility index (Phi) is 4.03. The molecular formula is C15H23O3P. The lowest BCUT2D eigenvalue weighted by Gasteiger charge is -2.41. The van der Waals surface area contributed by atoms with Gasteiger partial charge in [-0.1, -0.05) is 53.7 Å². The second kappa shape index (κ2) is 4.79. The highest BCUT2D eigenvalue weighted by Crippen LogP contribution is 2.65. The van der Waals surface area contributed by atoms with Crippen molar-refractivity contribution in [3.05, 3.63) is 29.8 Å². The predicted molar refractivity (Wildman–Crippen MR) is 80.1 cm³/mol. The van der Waals surface area contributed by atoms with Crippen molar-refractivity contribution in [1.29, 1.82) is 0 Å². The zero-order chi connectivity index (χ0) is 15.1. The Hall–Kier alpha value is -1.08. The molecule has 1 aromatic carbocycles. The van der Waals surface area contributed by atoms with Crippen LogP contribution < -0.4 is 5.30 Å². The maximum absolute atomic E-state index is 13.6. The molecule has 0 aliphatic heterocycles. The van der Waals surface area contributed by atoms with Gasteiger partial charge in [-0.25, -0.2) is 4.79 Å². The third kappa shape index (κ3) is 2.76. The molecule has 4 heteroatoms. The van der Waals surface area contributed by atoms with Crippen LogP contribution in [0.15, 0.2) is 24.3 Å². The monoisotopic (exact) mass is 282 g/mol. The molecule has 0 aliphatic carbocycles. The van der Waals surface area contributed by atoms with Gasteiger partial charge in [-0.3, -0.25) is 0 Å². The molecule has 0 aromatic heterocycles. The minimum atomic E-state index is -2.77. The summed E-state index contributed by atoms with van der Waals surface area (Å²) in [4.78, 5) is 11.1. The van der Waals surface area contributed by atoms with Crippen LogP contribution in [0.25, 0.3) is 0 Å². The zero-order valence-electron chi connectivity index (χ0n) is 12.5. The van der Waals surface area contributed by atoms with Gasteiger partial charge in [0.15, 0.2) is 0 Å². The zero-order valence-corrected chi connectivity index (χ0v) is 13.4. The molecule has 0 atom stereocenters. The summed E-state index contributed by atoms with van der Waals surface area (Å²) in [6, 6.07) is 6.54. The van der Waals surface area contributed by atoms with Crippen molar-refractivity contribution in [1.82, 2.24) is 0 Å². The van der Waals surface area contributed by atoms with Gasteiger partial charge in [0, 0.05) is 15.6 Å². The Morgan fingerprint density at radius 2 is 1.53 bits per heavy atom. The van der Waals surface area contributed by atoms with Crippen LogP contribution in [0.1, 0.15) is 51.9 Å². The van der Waals surface area contributed by atoms with Crippen LogP contribution in [0.3, 0.4) is 0 Å². The van der Waals surface area contributed by atoms with Crippen molar-refractivity contribution < 1.29 is 14.5 Å². The number of carboxylic acids is 1. The number of carboxylic acid groups (broad SMARTS) is 1. The Balaban J connectivity index is 3.57. The van der Waals surface area contributed by atoms with E-state index in [1.807, 2.05) is 41.5 Å². The summed E-state index contributed by atoms with van der Waals surface area (Å²) in [5.74, 6) is -0.990. The molecule has 0 heterocycles. The summed E-state index contributed by atoms with van der Waals surface area (Å²) in [6.07, 6.45) is 0. The van der Waals surface area contributed by atoms with Gasteiger partial charge in [-0.05, 0) is 12.1 Å². The van der Waals surface area contributed by atoms with E-state index >= 15 is 0 Å². The number of rotatable bonds is 2. The van der Waals surface area contributed by atoms with Crippen molar-refractivity contribution in [2.75, 3.05) is 0 Å². The highest BCUT2D eigenvalue weighted by Gasteiger charge is 2.47. The fraction of sp³-hybridized carbons (Fsp3) is 0.533. The fourth-order valence-corrected chi connectivity index (χ4v) is 6.79. The quantitative estimate of drug-likeness (QED) is 0.835. The first-order chi connectivity index (χ1) is 8.41. The number of hydrogen-bond acceptors (Lipinski definition) is 2. The highest BCUT2D eigenvalue weighted by molar-refractivity contribution is 7.74. The summed E-state index contributed by atoms with van der Waals surface area (Å²) in [7, 11) is -2.77. The smallest absolute Gasteiger partial charge is 0.335 e. The second-order valence-electron chi connectivity index (χ2n) is 6.81. The van der Waals surface area contributed by atoms with Crippen LogP contribution in [0, 0.1) is 0 Å². The molecule has 1 aromatic rings. The molecule has 0 saturated carbocycles. The number of aromatic carboxylic acids is 1. The highest BCUT2D eigenvalue weighted by atomic mass is 31.2. The molecule has 0 bridgehead atoms. The molecule has 0 unspecified atom stereocenters. The van der Waals surface area contributed by atoms with Gasteiger partial charge in [0.1, 0.15) is 7.14 Å². The molecule has 19 heavy (non-hydrogen) atoms. The van der Waals surface area contributed by atoms with Crippen molar-refractivity contribution in [2.45, 2.75) is 51.9 Å². The fourth-order valence-electron chi connectivity index (χ4n) is 2.62. The summed E-state index contributed by atoms with van der Waals surface area (Å²) in [5.41, 5.74) is 0.186. The van der Waals surface area contributed by atoms with Crippen LogP contribution in [0.4, 0.5) is 0 Å². The van der Waals surface area contributed by atoms with E-state index in [2.05, 4.69) is 0 Å². The average molecular weight is 282 g/mol. The summed E-state index contributed by atoms with van der Waals surface area (Å²) < 4.78 is 13.6. The van der Waals surface area contributed by atoms with Crippen molar-refractivity contribution >= 4 is 18.4 Å². The van der Waals surface area contributed by atoms with E-state index in [1.54, 1.807) is 18.2 Å². The minimum Gasteiger partial charge on any atom is -0.478 e. The first kappa shape index (κ1) is 16.0. The SMILES string of the molecule is CC(C)(C)P(=O)(c1cccc(C(=O)O)c1)C(C)(C)C. The third-order valence-electron chi connectivity index (χ3n) is 3.35. The predicted octanol–water partition coefficient (Wildman–Crippen LogP) is 3.97. The maximum atomic E-state index is 13.6. The van der Waals surface area contributed by atoms with E-state index in [0.29, 0.717) is 5.30 Å². The van der Waals surface area contributed by atoms with Gasteiger partial charge in [0.05, 0.1) is 5.56 Å². The lowest BCUT2D eigenvalue weighted by atomic mass is 10.2. The summed E-state index contributed by atoms with van der Waals surface area (Å²) >= 11 is 0. The molecule has 0 saturated heterocycles. The van der Waals surface area contributed by atoms with E-state index in [1.165, 1.54) is 6.07 Å². The van der Waals surface area contributed by atoms with Crippen LogP contribution in [-0.4, -0.2) is 21.4 Å². The minimum absolute atomic E-state index is 0.186. The van der Waals surface area contributed by atoms with Crippen molar-refractivity contribution in [3.8, 4) is 0 Å². The van der Waals surface area contributed by atoms with E-state index in [-0.39, 0.29) is 5.56 Å². The van der Waals surface area contributed by atoms with Gasteiger partial charge in [-0.2, -0.15) is 0 Å². The van der Waals surface area contributed by atoms with E-state index in [4.69, 9.17) is 5.11 Å². The Bertz CT molecular complexity index is 515. The van der Waals surface area contributed by atoms with E-state index in [0.717, 1.165) is 0 Å². The number of benzene rings is 1. The summed E-state index contributed by atoms with van der Waals surface area (Å²) in [5, 5.41) is 8.91. The lowest BCUT2D eigenvalue weighted by Crippen LogP contribution is -2.35. The average Bonchev–Trinajstić information content (AvgIpc) is 2.25. The molecule has 1 rings (SSSR count). The lowest BCUT2D eigenvalue weighted by molar-refractivity contribution is 0.0697. The normalized spacial score (nSPS) is 13.4. The van der Waals surface area contributed by atoms with Crippen LogP contribution >= 0.6 is 7.14 Å². The van der Waals surface area contributed by atoms with Crippen molar-refractivity contribution in [2.24, 2.45) is 0 Å². The molecule has 0 spiro atoms. The molecular weight excluding hydrogens is 259 g/mol. The summed E-state index contributed by atoms with van der Waals surface area (Å²) in [6.45, 7) is 11.7. The van der Waals surface area contributed by atoms with Gasteiger partial charge >= 0.3 is 5.97 Å². The molecule has 106 valence electrons. The molecule has 0 amide bonds. The Morgan fingerprint density at radius 3 is 1.89 bits per heavy atom. The Morgan fingerprint density at radius 1 is 1.05 bits per heavy atom. The van der Waals surface area contributed by atoms with E-state index < -0.39 is 23.4 Å². The van der Waals surface area contributed by atoms with Crippen LogP contribution in [0.5, 0.6) is 0 Å².